The molecule has 0 saturated heterocycles. The van der Waals surface area contributed by atoms with E-state index >= 15 is 0 Å². The second-order valence-electron chi connectivity index (χ2n) is 14.8. The van der Waals surface area contributed by atoms with Crippen LogP contribution in [0.15, 0.2) is 208 Å². The van der Waals surface area contributed by atoms with E-state index in [0.29, 0.717) is 5.82 Å². The maximum absolute atomic E-state index is 6.69. The molecule has 8 aromatic carbocycles. The van der Waals surface area contributed by atoms with Crippen LogP contribution in [-0.2, 0) is 5.41 Å². The summed E-state index contributed by atoms with van der Waals surface area (Å²) in [5, 5.41) is 2.26. The number of para-hydroxylation sites is 1. The number of hydrogen-bond acceptors (Lipinski definition) is 4. The highest BCUT2D eigenvalue weighted by molar-refractivity contribution is 7.99. The normalized spacial score (nSPS) is 15.0. The Labute approximate surface area is 334 Å². The molecule has 0 radical (unpaired) electrons. The summed E-state index contributed by atoms with van der Waals surface area (Å²) in [6.45, 7) is 0. The fourth-order valence-corrected chi connectivity index (χ4v) is 10.5. The van der Waals surface area contributed by atoms with Crippen LogP contribution in [0.4, 0.5) is 0 Å². The average Bonchev–Trinajstić information content (AvgIpc) is 3.60. The molecule has 1 aliphatic carbocycles. The molecule has 12 rings (SSSR count). The van der Waals surface area contributed by atoms with Crippen LogP contribution in [0.25, 0.3) is 78.1 Å². The van der Waals surface area contributed by atoms with Gasteiger partial charge in [0.25, 0.3) is 0 Å². The molecule has 1 atom stereocenters. The summed E-state index contributed by atoms with van der Waals surface area (Å²) in [5.74, 6) is 0.698. The summed E-state index contributed by atoms with van der Waals surface area (Å²) in [6, 6.07) is 69.8. The van der Waals surface area contributed by atoms with Gasteiger partial charge in [-0.2, -0.15) is 0 Å². The van der Waals surface area contributed by atoms with Gasteiger partial charge in [0, 0.05) is 37.3 Å². The zero-order valence-corrected chi connectivity index (χ0v) is 31.5. The van der Waals surface area contributed by atoms with E-state index in [2.05, 4.69) is 164 Å². The zero-order valence-electron chi connectivity index (χ0n) is 30.7. The summed E-state index contributed by atoms with van der Waals surface area (Å²) in [5.41, 5.74) is 15.7. The van der Waals surface area contributed by atoms with E-state index in [9.17, 15) is 0 Å². The third-order valence-electron chi connectivity index (χ3n) is 11.8. The minimum absolute atomic E-state index is 0.698. The Balaban J connectivity index is 1.22. The van der Waals surface area contributed by atoms with Crippen molar-refractivity contribution in [2.24, 2.45) is 0 Å². The van der Waals surface area contributed by atoms with Crippen LogP contribution in [0.5, 0.6) is 0 Å². The van der Waals surface area contributed by atoms with Crippen molar-refractivity contribution in [2.45, 2.75) is 15.2 Å². The highest BCUT2D eigenvalue weighted by Gasteiger charge is 2.48. The monoisotopic (exact) mass is 744 g/mol. The van der Waals surface area contributed by atoms with Crippen LogP contribution in [-0.4, -0.2) is 9.97 Å². The van der Waals surface area contributed by atoms with E-state index in [1.54, 1.807) is 0 Å². The lowest BCUT2D eigenvalue weighted by Gasteiger charge is -2.43. The number of hydrogen-bond donors (Lipinski definition) is 0. The first-order chi connectivity index (χ1) is 28.2. The number of furan rings is 1. The van der Waals surface area contributed by atoms with Crippen LogP contribution in [0, 0.1) is 0 Å². The van der Waals surface area contributed by atoms with E-state index < -0.39 is 5.41 Å². The fraction of sp³-hybridized carbons (Fsp3) is 0.0189. The summed E-state index contributed by atoms with van der Waals surface area (Å²) < 4.78 is 6.69. The van der Waals surface area contributed by atoms with Crippen molar-refractivity contribution in [2.75, 3.05) is 0 Å². The lowest BCUT2D eigenvalue weighted by atomic mass is 9.63. The van der Waals surface area contributed by atoms with Gasteiger partial charge < -0.3 is 4.42 Å². The molecule has 3 heterocycles. The SMILES string of the molecule is c1ccc(-c2cc(-c3ccc4c(c3)C3(c5ccccc5Sc5cc6c(cc53)oc3ccccc36)c3ccccc3-c3ccccc3-4)nc(-c3ccccc3)n2)cc1. The minimum Gasteiger partial charge on any atom is -0.456 e. The molecule has 0 N–H and O–H groups in total. The zero-order chi connectivity index (χ0) is 37.5. The van der Waals surface area contributed by atoms with Gasteiger partial charge in [-0.05, 0) is 80.9 Å². The number of fused-ring (bicyclic) bond motifs is 14. The molecular formula is C53H32N2OS. The molecule has 4 heteroatoms. The molecule has 0 saturated carbocycles. The van der Waals surface area contributed by atoms with Gasteiger partial charge in [0.15, 0.2) is 5.82 Å². The molecule has 3 nitrogen and oxygen atoms in total. The van der Waals surface area contributed by atoms with Crippen molar-refractivity contribution in [1.29, 1.82) is 0 Å². The van der Waals surface area contributed by atoms with Crippen LogP contribution >= 0.6 is 11.8 Å². The quantitative estimate of drug-likeness (QED) is 0.181. The maximum Gasteiger partial charge on any atom is 0.160 e. The first kappa shape index (κ1) is 32.3. The van der Waals surface area contributed by atoms with Crippen LogP contribution in [0.2, 0.25) is 0 Å². The van der Waals surface area contributed by atoms with Crippen molar-refractivity contribution in [3.8, 4) is 56.2 Å². The summed E-state index contributed by atoms with van der Waals surface area (Å²) in [6.07, 6.45) is 0. The number of nitrogens with zero attached hydrogens (tertiary/aromatic N) is 2. The van der Waals surface area contributed by atoms with Gasteiger partial charge in [-0.1, -0.05) is 169 Å². The second kappa shape index (κ2) is 12.5. The van der Waals surface area contributed by atoms with Crippen molar-refractivity contribution in [3.63, 3.8) is 0 Å². The Morgan fingerprint density at radius 2 is 0.982 bits per heavy atom. The van der Waals surface area contributed by atoms with Crippen LogP contribution in [0.3, 0.4) is 0 Å². The third kappa shape index (κ3) is 4.81. The molecular weight excluding hydrogens is 713 g/mol. The van der Waals surface area contributed by atoms with Gasteiger partial charge in [-0.15, -0.1) is 0 Å². The lowest BCUT2D eigenvalue weighted by Crippen LogP contribution is -2.34. The summed E-state index contributed by atoms with van der Waals surface area (Å²) in [4.78, 5) is 12.9. The standard InChI is InChI=1S/C53H32N2OS/c1-3-15-33(16-4-1)46-32-47(55-52(54-46)34-17-5-2-6-18-34)35-27-28-39-37-20-8-7-19-36(37)38-21-9-11-23-42(38)53(44(39)29-35)43-24-12-14-26-50(43)57-51-30-41-40-22-10-13-25-48(40)56-49(41)31-45(51)53/h1-32H. The molecule has 10 aromatic rings. The smallest absolute Gasteiger partial charge is 0.160 e. The molecule has 2 aliphatic rings. The maximum atomic E-state index is 6.69. The number of benzene rings is 8. The van der Waals surface area contributed by atoms with Crippen molar-refractivity contribution in [1.82, 2.24) is 9.97 Å². The van der Waals surface area contributed by atoms with Crippen molar-refractivity contribution < 1.29 is 4.42 Å². The first-order valence-corrected chi connectivity index (χ1v) is 20.1. The highest BCUT2D eigenvalue weighted by atomic mass is 32.2. The lowest BCUT2D eigenvalue weighted by molar-refractivity contribution is 0.660. The molecule has 0 amide bonds. The van der Waals surface area contributed by atoms with Gasteiger partial charge in [0.2, 0.25) is 0 Å². The van der Waals surface area contributed by atoms with Gasteiger partial charge in [0.1, 0.15) is 11.2 Å². The van der Waals surface area contributed by atoms with Crippen molar-refractivity contribution >= 4 is 33.7 Å². The van der Waals surface area contributed by atoms with E-state index in [1.807, 2.05) is 42.1 Å². The predicted molar refractivity (Wildman–Crippen MR) is 232 cm³/mol. The molecule has 266 valence electrons. The molecule has 0 fully saturated rings. The van der Waals surface area contributed by atoms with E-state index in [4.69, 9.17) is 14.4 Å². The minimum atomic E-state index is -0.706. The van der Waals surface area contributed by atoms with E-state index in [0.717, 1.165) is 50.0 Å². The molecule has 1 spiro atoms. The van der Waals surface area contributed by atoms with Gasteiger partial charge in [-0.25, -0.2) is 9.97 Å². The van der Waals surface area contributed by atoms with Crippen LogP contribution in [0.1, 0.15) is 22.3 Å². The summed E-state index contributed by atoms with van der Waals surface area (Å²) >= 11 is 1.85. The largest absolute Gasteiger partial charge is 0.456 e. The second-order valence-corrected chi connectivity index (χ2v) is 15.9. The van der Waals surface area contributed by atoms with E-state index in [-0.39, 0.29) is 0 Å². The Morgan fingerprint density at radius 3 is 1.77 bits per heavy atom. The Hall–Kier alpha value is -7.01. The van der Waals surface area contributed by atoms with Gasteiger partial charge >= 0.3 is 0 Å². The van der Waals surface area contributed by atoms with E-state index in [1.165, 1.54) is 54.3 Å². The third-order valence-corrected chi connectivity index (χ3v) is 12.9. The molecule has 1 unspecified atom stereocenters. The Bertz CT molecular complexity index is 3170. The number of rotatable bonds is 3. The molecule has 2 aromatic heterocycles. The predicted octanol–water partition coefficient (Wildman–Crippen LogP) is 13.9. The number of aromatic nitrogens is 2. The Morgan fingerprint density at radius 1 is 0.368 bits per heavy atom. The topological polar surface area (TPSA) is 38.9 Å². The Kier molecular flexibility index (Phi) is 7.08. The van der Waals surface area contributed by atoms with Crippen LogP contribution < -0.4 is 0 Å². The average molecular weight is 745 g/mol. The molecule has 1 aliphatic heterocycles. The fourth-order valence-electron chi connectivity index (χ4n) is 9.30. The molecule has 0 bridgehead atoms. The van der Waals surface area contributed by atoms with Crippen molar-refractivity contribution in [3.05, 3.63) is 216 Å². The van der Waals surface area contributed by atoms with Gasteiger partial charge in [0.05, 0.1) is 16.8 Å². The summed E-state index contributed by atoms with van der Waals surface area (Å²) in [7, 11) is 0. The highest BCUT2D eigenvalue weighted by Crippen LogP contribution is 2.62. The van der Waals surface area contributed by atoms with Gasteiger partial charge in [-0.3, -0.25) is 0 Å². The molecule has 57 heavy (non-hydrogen) atoms. The first-order valence-electron chi connectivity index (χ1n) is 19.3.